The van der Waals surface area contributed by atoms with Crippen molar-refractivity contribution < 1.29 is 0 Å². The van der Waals surface area contributed by atoms with Crippen molar-refractivity contribution in [2.75, 3.05) is 12.0 Å². The average Bonchev–Trinajstić information content (AvgIpc) is 2.39. The number of nitrogens with zero attached hydrogens (tertiary/aromatic N) is 2. The number of hydrogen-bond donors (Lipinski definition) is 1. The zero-order valence-corrected chi connectivity index (χ0v) is 10.2. The van der Waals surface area contributed by atoms with Crippen molar-refractivity contribution in [2.24, 2.45) is 0 Å². The fraction of sp³-hybridized carbons (Fsp3) is 0.583. The smallest absolute Gasteiger partial charge is 0.0782 e. The Kier molecular flexibility index (Phi) is 3.02. The van der Waals surface area contributed by atoms with Crippen LogP contribution >= 0.6 is 11.9 Å². The van der Waals surface area contributed by atoms with Gasteiger partial charge in [0.05, 0.1) is 17.3 Å². The van der Waals surface area contributed by atoms with Gasteiger partial charge >= 0.3 is 0 Å². The number of hydrogen-bond acceptors (Lipinski definition) is 4. The normalized spacial score (nSPS) is 22.5. The highest BCUT2D eigenvalue weighted by Crippen LogP contribution is 2.37. The maximum absolute atomic E-state index is 4.19. The van der Waals surface area contributed by atoms with E-state index in [1.807, 2.05) is 24.3 Å². The van der Waals surface area contributed by atoms with Crippen molar-refractivity contribution in [3.8, 4) is 0 Å². The minimum atomic E-state index is 0.750. The summed E-state index contributed by atoms with van der Waals surface area (Å²) in [5, 5.41) is 3.48. The summed E-state index contributed by atoms with van der Waals surface area (Å²) >= 11 is 1.87. The largest absolute Gasteiger partial charge is 0.370 e. The molecule has 1 aliphatic carbocycles. The van der Waals surface area contributed by atoms with E-state index in [2.05, 4.69) is 20.7 Å². The van der Waals surface area contributed by atoms with Gasteiger partial charge in [0.25, 0.3) is 0 Å². The van der Waals surface area contributed by atoms with Crippen molar-refractivity contribution in [1.82, 2.24) is 9.29 Å². The summed E-state index contributed by atoms with van der Waals surface area (Å²) in [6, 6.07) is 2.81. The first-order valence-electron chi connectivity index (χ1n) is 6.06. The highest BCUT2D eigenvalue weighted by molar-refractivity contribution is 7.97. The summed E-state index contributed by atoms with van der Waals surface area (Å²) in [4.78, 5) is 5.45. The van der Waals surface area contributed by atoms with Crippen LogP contribution in [0.4, 0.5) is 5.69 Å². The molecule has 0 spiro atoms. The molecule has 0 atom stereocenters. The molecule has 0 bridgehead atoms. The number of rotatable bonds is 1. The van der Waals surface area contributed by atoms with E-state index in [0.29, 0.717) is 0 Å². The van der Waals surface area contributed by atoms with Gasteiger partial charge in [0.2, 0.25) is 0 Å². The van der Waals surface area contributed by atoms with Gasteiger partial charge in [-0.1, -0.05) is 19.3 Å². The van der Waals surface area contributed by atoms with E-state index in [1.165, 1.54) is 42.7 Å². The second-order valence-corrected chi connectivity index (χ2v) is 5.60. The lowest BCUT2D eigenvalue weighted by Gasteiger charge is -2.36. The predicted octanol–water partition coefficient (Wildman–Crippen LogP) is 3.11. The summed E-state index contributed by atoms with van der Waals surface area (Å²) in [5.74, 6) is 0. The third-order valence-corrected chi connectivity index (χ3v) is 4.59. The molecule has 4 heteroatoms. The minimum absolute atomic E-state index is 0.750. The van der Waals surface area contributed by atoms with E-state index >= 15 is 0 Å². The van der Waals surface area contributed by atoms with Gasteiger partial charge in [0, 0.05) is 18.4 Å². The van der Waals surface area contributed by atoms with Crippen LogP contribution in [0.25, 0.3) is 0 Å². The lowest BCUT2D eigenvalue weighted by atomic mass is 9.96. The molecule has 0 radical (unpaired) electrons. The van der Waals surface area contributed by atoms with Gasteiger partial charge in [0.15, 0.2) is 0 Å². The Morgan fingerprint density at radius 3 is 3.06 bits per heavy atom. The Bertz CT molecular complexity index is 363. The quantitative estimate of drug-likeness (QED) is 0.757. The fourth-order valence-corrected chi connectivity index (χ4v) is 3.58. The summed E-state index contributed by atoms with van der Waals surface area (Å²) in [7, 11) is 0. The van der Waals surface area contributed by atoms with Crippen LogP contribution in [0.2, 0.25) is 0 Å². The molecule has 1 aromatic heterocycles. The fourth-order valence-electron chi connectivity index (χ4n) is 2.49. The second-order valence-electron chi connectivity index (χ2n) is 4.51. The van der Waals surface area contributed by atoms with Crippen LogP contribution < -0.4 is 5.32 Å². The van der Waals surface area contributed by atoms with Gasteiger partial charge in [-0.2, -0.15) is 0 Å². The monoisotopic (exact) mass is 235 g/mol. The zero-order chi connectivity index (χ0) is 10.8. The molecule has 0 saturated heterocycles. The molecule has 3 nitrogen and oxygen atoms in total. The molecule has 1 fully saturated rings. The van der Waals surface area contributed by atoms with E-state index in [1.54, 1.807) is 0 Å². The molecule has 1 N–H and O–H groups in total. The molecule has 3 rings (SSSR count). The van der Waals surface area contributed by atoms with Crippen molar-refractivity contribution in [3.63, 3.8) is 0 Å². The first-order valence-corrected chi connectivity index (χ1v) is 6.83. The highest BCUT2D eigenvalue weighted by Gasteiger charge is 2.25. The van der Waals surface area contributed by atoms with Gasteiger partial charge in [-0.15, -0.1) is 0 Å². The molecule has 2 aliphatic rings. The first-order chi connectivity index (χ1) is 7.93. The Labute approximate surface area is 101 Å². The maximum atomic E-state index is 4.19. The number of fused-ring (bicyclic) bond motifs is 1. The molecule has 0 amide bonds. The van der Waals surface area contributed by atoms with E-state index in [9.17, 15) is 0 Å². The van der Waals surface area contributed by atoms with Gasteiger partial charge in [-0.25, -0.2) is 4.31 Å². The topological polar surface area (TPSA) is 28.2 Å². The lowest BCUT2D eigenvalue weighted by molar-refractivity contribution is 0.281. The number of nitrogens with one attached hydrogen (secondary N) is 1. The summed E-state index contributed by atoms with van der Waals surface area (Å²) in [6.45, 7) is 0.965. The average molecular weight is 235 g/mol. The minimum Gasteiger partial charge on any atom is -0.370 e. The molecule has 1 aliphatic heterocycles. The number of aromatic nitrogens is 1. The highest BCUT2D eigenvalue weighted by atomic mass is 32.2. The van der Waals surface area contributed by atoms with Gasteiger partial charge in [-0.05, 0) is 30.9 Å². The SMILES string of the molecule is c1cc2c(cn1)SN(C1CCCCC1)CN2. The van der Waals surface area contributed by atoms with E-state index in [4.69, 9.17) is 0 Å². The maximum Gasteiger partial charge on any atom is 0.0782 e. The number of anilines is 1. The molecule has 2 heterocycles. The van der Waals surface area contributed by atoms with Crippen LogP contribution in [-0.4, -0.2) is 22.0 Å². The van der Waals surface area contributed by atoms with Gasteiger partial charge < -0.3 is 5.32 Å². The Hall–Kier alpha value is -0.740. The molecular weight excluding hydrogens is 218 g/mol. The van der Waals surface area contributed by atoms with Crippen LogP contribution in [0.3, 0.4) is 0 Å². The van der Waals surface area contributed by atoms with Crippen LogP contribution in [0.15, 0.2) is 23.4 Å². The van der Waals surface area contributed by atoms with Crippen LogP contribution in [0.1, 0.15) is 32.1 Å². The standard InChI is InChI=1S/C12H17N3S/c1-2-4-10(5-3-1)15-9-14-11-6-7-13-8-12(11)16-15/h6-8,10,14H,1-5,9H2. The Morgan fingerprint density at radius 2 is 2.19 bits per heavy atom. The van der Waals surface area contributed by atoms with Crippen LogP contribution in [0.5, 0.6) is 0 Å². The predicted molar refractivity (Wildman–Crippen MR) is 67.3 cm³/mol. The van der Waals surface area contributed by atoms with E-state index in [-0.39, 0.29) is 0 Å². The molecule has 0 aromatic carbocycles. The molecule has 1 saturated carbocycles. The molecule has 0 unspecified atom stereocenters. The van der Waals surface area contributed by atoms with Gasteiger partial charge in [0.1, 0.15) is 0 Å². The third kappa shape index (κ3) is 2.04. The Balaban J connectivity index is 1.72. The zero-order valence-electron chi connectivity index (χ0n) is 9.35. The van der Waals surface area contributed by atoms with E-state index in [0.717, 1.165) is 12.7 Å². The Morgan fingerprint density at radius 1 is 1.31 bits per heavy atom. The van der Waals surface area contributed by atoms with Crippen molar-refractivity contribution in [1.29, 1.82) is 0 Å². The molecule has 16 heavy (non-hydrogen) atoms. The number of pyridine rings is 1. The summed E-state index contributed by atoms with van der Waals surface area (Å²) < 4.78 is 2.49. The third-order valence-electron chi connectivity index (χ3n) is 3.41. The first kappa shape index (κ1) is 10.4. The van der Waals surface area contributed by atoms with E-state index < -0.39 is 0 Å². The van der Waals surface area contributed by atoms with Crippen LogP contribution in [-0.2, 0) is 0 Å². The summed E-state index contributed by atoms with van der Waals surface area (Å²) in [5.41, 5.74) is 1.23. The molecule has 86 valence electrons. The molecular formula is C12H17N3S. The molecule has 1 aromatic rings. The lowest BCUT2D eigenvalue weighted by Crippen LogP contribution is -2.37. The van der Waals surface area contributed by atoms with Crippen molar-refractivity contribution in [3.05, 3.63) is 18.5 Å². The van der Waals surface area contributed by atoms with Crippen molar-refractivity contribution >= 4 is 17.6 Å². The van der Waals surface area contributed by atoms with Crippen LogP contribution in [0, 0.1) is 0 Å². The second kappa shape index (κ2) is 4.63. The summed E-state index contributed by atoms with van der Waals surface area (Å²) in [6.07, 6.45) is 10.7. The van der Waals surface area contributed by atoms with Crippen molar-refractivity contribution in [2.45, 2.75) is 43.0 Å². The van der Waals surface area contributed by atoms with Gasteiger partial charge in [-0.3, -0.25) is 4.98 Å².